The van der Waals surface area contributed by atoms with Crippen molar-refractivity contribution in [2.24, 2.45) is 5.73 Å². The molecule has 3 heteroatoms. The number of hydrogen-bond acceptors (Lipinski definition) is 3. The molecule has 0 aliphatic rings. The Kier molecular flexibility index (Phi) is 4.59. The summed E-state index contributed by atoms with van der Waals surface area (Å²) in [5, 5.41) is 9.13. The molecule has 0 aliphatic heterocycles. The van der Waals surface area contributed by atoms with Crippen LogP contribution in [0, 0.1) is 0 Å². The second-order valence-electron chi connectivity index (χ2n) is 4.22. The molecular weight excluding hydrogens is 188 g/mol. The van der Waals surface area contributed by atoms with Crippen LogP contribution in [0.3, 0.4) is 0 Å². The third kappa shape index (κ3) is 4.81. The predicted molar refractivity (Wildman–Crippen MR) is 63.0 cm³/mol. The van der Waals surface area contributed by atoms with Gasteiger partial charge in [0, 0.05) is 6.04 Å². The Bertz CT molecular complexity index is 282. The predicted octanol–water partition coefficient (Wildman–Crippen LogP) is 1.21. The van der Waals surface area contributed by atoms with Crippen LogP contribution in [-0.4, -0.2) is 36.7 Å². The molecule has 3 N–H and O–H groups in total. The lowest BCUT2D eigenvalue weighted by atomic mass is 10.0. The highest BCUT2D eigenvalue weighted by molar-refractivity contribution is 5.26. The van der Waals surface area contributed by atoms with E-state index in [1.54, 1.807) is 12.1 Å². The third-order valence-corrected chi connectivity index (χ3v) is 2.38. The highest BCUT2D eigenvalue weighted by Gasteiger charge is 2.04. The summed E-state index contributed by atoms with van der Waals surface area (Å²) in [5.41, 5.74) is 7.18. The van der Waals surface area contributed by atoms with Gasteiger partial charge in [0.25, 0.3) is 0 Å². The van der Waals surface area contributed by atoms with Gasteiger partial charge in [-0.2, -0.15) is 0 Å². The van der Waals surface area contributed by atoms with Crippen LogP contribution in [0.5, 0.6) is 5.75 Å². The fourth-order valence-electron chi connectivity index (χ4n) is 1.46. The lowest BCUT2D eigenvalue weighted by Gasteiger charge is -2.15. The van der Waals surface area contributed by atoms with Crippen molar-refractivity contribution in [3.05, 3.63) is 29.8 Å². The van der Waals surface area contributed by atoms with E-state index in [9.17, 15) is 0 Å². The zero-order valence-corrected chi connectivity index (χ0v) is 9.48. The first-order chi connectivity index (χ1) is 7.08. The number of hydrogen-bond donors (Lipinski definition) is 2. The topological polar surface area (TPSA) is 49.5 Å². The molecule has 1 aromatic rings. The molecule has 3 nitrogen and oxygen atoms in total. The van der Waals surface area contributed by atoms with Crippen molar-refractivity contribution in [3.63, 3.8) is 0 Å². The Morgan fingerprint density at radius 1 is 1.27 bits per heavy atom. The highest BCUT2D eigenvalue weighted by Crippen LogP contribution is 2.11. The maximum atomic E-state index is 9.13. The van der Waals surface area contributed by atoms with Crippen molar-refractivity contribution in [3.8, 4) is 5.75 Å². The Morgan fingerprint density at radius 3 is 2.40 bits per heavy atom. The fraction of sp³-hybridized carbons (Fsp3) is 0.500. The number of phenolic OH excluding ortho intramolecular Hbond substituents is 1. The van der Waals surface area contributed by atoms with Crippen LogP contribution in [0.4, 0.5) is 0 Å². The van der Waals surface area contributed by atoms with Crippen LogP contribution in [0.25, 0.3) is 0 Å². The highest BCUT2D eigenvalue weighted by atomic mass is 16.3. The maximum Gasteiger partial charge on any atom is 0.115 e. The van der Waals surface area contributed by atoms with Crippen LogP contribution in [0.1, 0.15) is 12.0 Å². The molecule has 84 valence electrons. The van der Waals surface area contributed by atoms with Crippen molar-refractivity contribution in [1.29, 1.82) is 0 Å². The van der Waals surface area contributed by atoms with Gasteiger partial charge in [-0.05, 0) is 51.2 Å². The summed E-state index contributed by atoms with van der Waals surface area (Å²) in [7, 11) is 4.10. The zero-order valence-electron chi connectivity index (χ0n) is 9.48. The first kappa shape index (κ1) is 12.0. The summed E-state index contributed by atoms with van der Waals surface area (Å²) in [6, 6.07) is 7.44. The molecule has 0 saturated heterocycles. The van der Waals surface area contributed by atoms with Crippen LogP contribution in [-0.2, 0) is 6.42 Å². The molecule has 0 saturated carbocycles. The second kappa shape index (κ2) is 5.73. The van der Waals surface area contributed by atoms with E-state index in [1.165, 1.54) is 5.56 Å². The number of phenols is 1. The largest absolute Gasteiger partial charge is 0.508 e. The minimum absolute atomic E-state index is 0.192. The molecule has 0 bridgehead atoms. The van der Waals surface area contributed by atoms with E-state index in [-0.39, 0.29) is 6.04 Å². The van der Waals surface area contributed by atoms with Crippen molar-refractivity contribution in [2.75, 3.05) is 20.6 Å². The minimum Gasteiger partial charge on any atom is -0.508 e. The van der Waals surface area contributed by atoms with E-state index >= 15 is 0 Å². The van der Waals surface area contributed by atoms with E-state index in [1.807, 2.05) is 26.2 Å². The molecule has 1 unspecified atom stereocenters. The van der Waals surface area contributed by atoms with Gasteiger partial charge in [-0.1, -0.05) is 12.1 Å². The standard InChI is InChI=1S/C12H20N2O/c1-14(2)8-7-11(13)9-10-3-5-12(15)6-4-10/h3-6,11,15H,7-9,13H2,1-2H3. The van der Waals surface area contributed by atoms with Crippen molar-refractivity contribution < 1.29 is 5.11 Å². The summed E-state index contributed by atoms with van der Waals surface area (Å²) in [5.74, 6) is 0.306. The van der Waals surface area contributed by atoms with Gasteiger partial charge in [0.15, 0.2) is 0 Å². The monoisotopic (exact) mass is 208 g/mol. The van der Waals surface area contributed by atoms with Gasteiger partial charge in [-0.15, -0.1) is 0 Å². The molecule has 15 heavy (non-hydrogen) atoms. The van der Waals surface area contributed by atoms with Crippen molar-refractivity contribution in [2.45, 2.75) is 18.9 Å². The number of aromatic hydroxyl groups is 1. The van der Waals surface area contributed by atoms with Crippen LogP contribution in [0.2, 0.25) is 0 Å². The summed E-state index contributed by atoms with van der Waals surface area (Å²) in [6.07, 6.45) is 1.86. The van der Waals surface area contributed by atoms with E-state index in [0.717, 1.165) is 19.4 Å². The SMILES string of the molecule is CN(C)CCC(N)Cc1ccc(O)cc1. The van der Waals surface area contributed by atoms with Crippen LogP contribution >= 0.6 is 0 Å². The summed E-state index contributed by atoms with van der Waals surface area (Å²) in [4.78, 5) is 2.14. The molecule has 1 aromatic carbocycles. The fourth-order valence-corrected chi connectivity index (χ4v) is 1.46. The summed E-state index contributed by atoms with van der Waals surface area (Å²) >= 11 is 0. The molecule has 0 fully saturated rings. The van der Waals surface area contributed by atoms with Gasteiger partial charge in [-0.3, -0.25) is 0 Å². The van der Waals surface area contributed by atoms with Gasteiger partial charge in [-0.25, -0.2) is 0 Å². The zero-order chi connectivity index (χ0) is 11.3. The minimum atomic E-state index is 0.192. The van der Waals surface area contributed by atoms with E-state index in [0.29, 0.717) is 5.75 Å². The first-order valence-corrected chi connectivity index (χ1v) is 5.26. The molecule has 0 amide bonds. The smallest absolute Gasteiger partial charge is 0.115 e. The average molecular weight is 208 g/mol. The maximum absolute atomic E-state index is 9.13. The summed E-state index contributed by atoms with van der Waals surface area (Å²) in [6.45, 7) is 1.01. The van der Waals surface area contributed by atoms with Gasteiger partial charge >= 0.3 is 0 Å². The van der Waals surface area contributed by atoms with E-state index in [4.69, 9.17) is 10.8 Å². The lowest BCUT2D eigenvalue weighted by molar-refractivity contribution is 0.379. The Labute approximate surface area is 91.5 Å². The third-order valence-electron chi connectivity index (χ3n) is 2.38. The second-order valence-corrected chi connectivity index (χ2v) is 4.22. The molecule has 0 heterocycles. The Balaban J connectivity index is 2.37. The van der Waals surface area contributed by atoms with Gasteiger partial charge in [0.05, 0.1) is 0 Å². The van der Waals surface area contributed by atoms with Crippen LogP contribution in [0.15, 0.2) is 24.3 Å². The molecule has 0 radical (unpaired) electrons. The number of nitrogens with two attached hydrogens (primary N) is 1. The average Bonchev–Trinajstić information content (AvgIpc) is 2.19. The number of benzene rings is 1. The van der Waals surface area contributed by atoms with Gasteiger partial charge < -0.3 is 15.7 Å². The quantitative estimate of drug-likeness (QED) is 0.764. The molecule has 0 spiro atoms. The van der Waals surface area contributed by atoms with Crippen LogP contribution < -0.4 is 5.73 Å². The Morgan fingerprint density at radius 2 is 1.87 bits per heavy atom. The Hall–Kier alpha value is -1.06. The van der Waals surface area contributed by atoms with E-state index in [2.05, 4.69) is 4.90 Å². The molecule has 0 aromatic heterocycles. The van der Waals surface area contributed by atoms with Gasteiger partial charge in [0.1, 0.15) is 5.75 Å². The van der Waals surface area contributed by atoms with Gasteiger partial charge in [0.2, 0.25) is 0 Å². The molecular formula is C12H20N2O. The number of rotatable bonds is 5. The molecule has 0 aliphatic carbocycles. The molecule has 1 atom stereocenters. The van der Waals surface area contributed by atoms with Crippen molar-refractivity contribution in [1.82, 2.24) is 4.90 Å². The number of nitrogens with zero attached hydrogens (tertiary/aromatic N) is 1. The first-order valence-electron chi connectivity index (χ1n) is 5.26. The normalized spacial score (nSPS) is 13.1. The summed E-state index contributed by atoms with van der Waals surface area (Å²) < 4.78 is 0. The molecule has 1 rings (SSSR count). The van der Waals surface area contributed by atoms with E-state index < -0.39 is 0 Å². The van der Waals surface area contributed by atoms with Crippen molar-refractivity contribution >= 4 is 0 Å². The lowest BCUT2D eigenvalue weighted by Crippen LogP contribution is -2.28.